The second-order valence-electron chi connectivity index (χ2n) is 10.1. The van der Waals surface area contributed by atoms with Crippen LogP contribution in [0.3, 0.4) is 0 Å². The Morgan fingerprint density at radius 2 is 1.56 bits per heavy atom. The first-order chi connectivity index (χ1) is 16.2. The van der Waals surface area contributed by atoms with Crippen LogP contribution in [0, 0.1) is 17.3 Å². The summed E-state index contributed by atoms with van der Waals surface area (Å²) in [6.07, 6.45) is -5.46. The summed E-state index contributed by atoms with van der Waals surface area (Å²) < 4.78 is 140. The van der Waals surface area contributed by atoms with E-state index in [-0.39, 0.29) is 18.3 Å². The molecule has 0 aromatic rings. The Hall–Kier alpha value is -1.23. The van der Waals surface area contributed by atoms with Crippen LogP contribution in [0.5, 0.6) is 0 Å². The van der Waals surface area contributed by atoms with Crippen molar-refractivity contribution in [3.05, 3.63) is 0 Å². The normalized spacial score (nSPS) is 32.4. The molecule has 0 saturated heterocycles. The molecule has 0 amide bonds. The zero-order valence-electron chi connectivity index (χ0n) is 19.1. The molecule has 2 N–H and O–H groups in total. The Bertz CT molecular complexity index is 940. The lowest BCUT2D eigenvalue weighted by Gasteiger charge is -2.60. The molecule has 0 spiro atoms. The number of carbonyl (C=O) groups excluding carboxylic acids is 1. The molecule has 0 aromatic carbocycles. The van der Waals surface area contributed by atoms with Crippen LogP contribution in [0.2, 0.25) is 0 Å². The zero-order chi connectivity index (χ0) is 27.4. The van der Waals surface area contributed by atoms with E-state index >= 15 is 0 Å². The SMILES string of the molecule is CCOC(=O)C(OCCC(F)(F)C(F)(F)S(=O)(=O)O)(OCC12CC3CC(CC(O)(C3)C1)C2)C(F)(F)F. The van der Waals surface area contributed by atoms with Crippen molar-refractivity contribution in [3.63, 3.8) is 0 Å². The molecule has 8 nitrogen and oxygen atoms in total. The van der Waals surface area contributed by atoms with Crippen LogP contribution in [-0.4, -0.2) is 72.6 Å². The van der Waals surface area contributed by atoms with Crippen LogP contribution >= 0.6 is 0 Å². The Morgan fingerprint density at radius 3 is 2.00 bits per heavy atom. The quantitative estimate of drug-likeness (QED) is 0.170. The van der Waals surface area contributed by atoms with Crippen molar-refractivity contribution in [3.8, 4) is 0 Å². The molecule has 4 aliphatic carbocycles. The van der Waals surface area contributed by atoms with E-state index in [0.717, 1.165) is 13.3 Å². The highest BCUT2D eigenvalue weighted by Crippen LogP contribution is 2.62. The molecule has 4 rings (SSSR count). The van der Waals surface area contributed by atoms with Gasteiger partial charge in [0.15, 0.2) is 0 Å². The van der Waals surface area contributed by atoms with Gasteiger partial charge in [-0.2, -0.15) is 39.2 Å². The van der Waals surface area contributed by atoms with Crippen molar-refractivity contribution in [2.75, 3.05) is 19.8 Å². The molecule has 0 heterocycles. The van der Waals surface area contributed by atoms with Gasteiger partial charge in [0.2, 0.25) is 0 Å². The van der Waals surface area contributed by atoms with Gasteiger partial charge in [-0.3, -0.25) is 4.55 Å². The summed E-state index contributed by atoms with van der Waals surface area (Å²) >= 11 is 0. The standard InChI is InChI=1S/C20H27F7O8S/c1-2-33-14(28)18(19(23,24)25,34-4-3-17(21,22)20(26,27)36(30,31)32)35-11-15-6-12-5-13(7-15)9-16(29,8-12)10-15/h12-13,29H,2-11H2,1H3,(H,30,31,32). The number of hydrogen-bond acceptors (Lipinski definition) is 7. The lowest BCUT2D eigenvalue weighted by atomic mass is 9.48. The minimum absolute atomic E-state index is 0.0185. The fourth-order valence-electron chi connectivity index (χ4n) is 6.15. The first-order valence-corrected chi connectivity index (χ1v) is 12.6. The molecule has 0 aromatic heterocycles. The lowest BCUT2D eigenvalue weighted by Crippen LogP contribution is -2.61. The van der Waals surface area contributed by atoms with Gasteiger partial charge in [-0.1, -0.05) is 0 Å². The monoisotopic (exact) mass is 560 g/mol. The van der Waals surface area contributed by atoms with E-state index in [1.807, 2.05) is 0 Å². The minimum atomic E-state index is -6.63. The number of rotatable bonds is 11. The predicted octanol–water partition coefficient (Wildman–Crippen LogP) is 3.68. The fraction of sp³-hybridized carbons (Fsp3) is 0.950. The van der Waals surface area contributed by atoms with E-state index < -0.39 is 76.5 Å². The molecule has 3 atom stereocenters. The molecule has 210 valence electrons. The highest BCUT2D eigenvalue weighted by Gasteiger charge is 2.69. The summed E-state index contributed by atoms with van der Waals surface area (Å²) in [5.41, 5.74) is -2.07. The lowest BCUT2D eigenvalue weighted by molar-refractivity contribution is -0.378. The van der Waals surface area contributed by atoms with E-state index in [4.69, 9.17) is 9.29 Å². The van der Waals surface area contributed by atoms with Crippen molar-refractivity contribution in [1.29, 1.82) is 0 Å². The van der Waals surface area contributed by atoms with Crippen LogP contribution in [0.15, 0.2) is 0 Å². The molecule has 0 radical (unpaired) electrons. The van der Waals surface area contributed by atoms with E-state index in [1.54, 1.807) is 0 Å². The van der Waals surface area contributed by atoms with Crippen molar-refractivity contribution < 1.29 is 67.8 Å². The molecule has 4 saturated carbocycles. The smallest absolute Gasteiger partial charge is 0.455 e. The maximum atomic E-state index is 14.2. The third kappa shape index (κ3) is 5.20. The van der Waals surface area contributed by atoms with Gasteiger partial charge in [-0.05, 0) is 62.7 Å². The maximum Gasteiger partial charge on any atom is 0.455 e. The first-order valence-electron chi connectivity index (χ1n) is 11.2. The van der Waals surface area contributed by atoms with E-state index in [0.29, 0.717) is 25.7 Å². The second kappa shape index (κ2) is 9.20. The Balaban J connectivity index is 1.84. The van der Waals surface area contributed by atoms with Gasteiger partial charge in [-0.25, -0.2) is 4.79 Å². The van der Waals surface area contributed by atoms with Gasteiger partial charge in [0.1, 0.15) is 0 Å². The topological polar surface area (TPSA) is 119 Å². The third-order valence-corrected chi connectivity index (χ3v) is 8.07. The number of esters is 1. The van der Waals surface area contributed by atoms with Crippen molar-refractivity contribution in [1.82, 2.24) is 0 Å². The van der Waals surface area contributed by atoms with Gasteiger partial charge in [0.05, 0.1) is 25.4 Å². The zero-order valence-corrected chi connectivity index (χ0v) is 19.9. The Labute approximate surface area is 202 Å². The van der Waals surface area contributed by atoms with Crippen LogP contribution in [0.1, 0.15) is 51.9 Å². The minimum Gasteiger partial charge on any atom is -0.462 e. The maximum absolute atomic E-state index is 14.2. The van der Waals surface area contributed by atoms with E-state index in [1.165, 1.54) is 0 Å². The van der Waals surface area contributed by atoms with Crippen LogP contribution in [0.25, 0.3) is 0 Å². The van der Waals surface area contributed by atoms with Gasteiger partial charge in [0.25, 0.3) is 0 Å². The number of ether oxygens (including phenoxy) is 3. The van der Waals surface area contributed by atoms with Crippen LogP contribution < -0.4 is 0 Å². The van der Waals surface area contributed by atoms with Crippen molar-refractivity contribution in [2.45, 2.75) is 80.6 Å². The van der Waals surface area contributed by atoms with Gasteiger partial charge >= 0.3 is 39.2 Å². The largest absolute Gasteiger partial charge is 0.462 e. The average Bonchev–Trinajstić information content (AvgIpc) is 2.66. The first kappa shape index (κ1) is 29.3. The number of aliphatic hydroxyl groups is 1. The molecule has 4 aliphatic rings. The molecular weight excluding hydrogens is 533 g/mol. The Kier molecular flexibility index (Phi) is 7.50. The number of halogens is 7. The summed E-state index contributed by atoms with van der Waals surface area (Å²) in [6.45, 7) is -2.14. The summed E-state index contributed by atoms with van der Waals surface area (Å²) in [4.78, 5) is 12.4. The summed E-state index contributed by atoms with van der Waals surface area (Å²) in [5.74, 6) is -12.0. The molecule has 36 heavy (non-hydrogen) atoms. The van der Waals surface area contributed by atoms with Gasteiger partial charge in [0, 0.05) is 6.42 Å². The highest BCUT2D eigenvalue weighted by atomic mass is 32.2. The average molecular weight is 560 g/mol. The summed E-state index contributed by atoms with van der Waals surface area (Å²) in [7, 11) is -6.63. The molecule has 3 unspecified atom stereocenters. The van der Waals surface area contributed by atoms with E-state index in [9.17, 15) is 49.1 Å². The number of hydrogen-bond donors (Lipinski definition) is 2. The summed E-state index contributed by atoms with van der Waals surface area (Å²) in [6, 6.07) is 0. The number of alkyl halides is 7. The van der Waals surface area contributed by atoms with Crippen molar-refractivity contribution in [2.24, 2.45) is 17.3 Å². The van der Waals surface area contributed by atoms with Gasteiger partial charge in [-0.15, -0.1) is 0 Å². The molecular formula is C20H27F7O8S. The second-order valence-corrected chi connectivity index (χ2v) is 11.6. The number of carbonyl (C=O) groups is 1. The molecule has 4 fully saturated rings. The summed E-state index contributed by atoms with van der Waals surface area (Å²) in [5, 5.41) is 4.76. The predicted molar refractivity (Wildman–Crippen MR) is 105 cm³/mol. The molecule has 0 aliphatic heterocycles. The van der Waals surface area contributed by atoms with Crippen molar-refractivity contribution >= 4 is 16.1 Å². The van der Waals surface area contributed by atoms with Crippen LogP contribution in [0.4, 0.5) is 30.7 Å². The van der Waals surface area contributed by atoms with E-state index in [2.05, 4.69) is 9.47 Å². The molecule has 4 bridgehead atoms. The fourth-order valence-corrected chi connectivity index (χ4v) is 6.63. The van der Waals surface area contributed by atoms with Crippen LogP contribution in [-0.2, 0) is 29.1 Å². The highest BCUT2D eigenvalue weighted by molar-refractivity contribution is 7.87. The third-order valence-electron chi connectivity index (χ3n) is 7.12. The molecule has 16 heteroatoms. The van der Waals surface area contributed by atoms with Gasteiger partial charge < -0.3 is 19.3 Å². The Morgan fingerprint density at radius 1 is 1.00 bits per heavy atom.